The molecule has 0 unspecified atom stereocenters. The minimum absolute atomic E-state index is 0.0612. The third-order valence-corrected chi connectivity index (χ3v) is 6.93. The summed E-state index contributed by atoms with van der Waals surface area (Å²) in [7, 11) is 0. The monoisotopic (exact) mass is 422 g/mol. The maximum Gasteiger partial charge on any atom is 0.251 e. The van der Waals surface area contributed by atoms with Crippen LogP contribution in [0.25, 0.3) is 10.1 Å². The molecule has 2 N–H and O–H groups in total. The molecule has 1 amide bonds. The van der Waals surface area contributed by atoms with Gasteiger partial charge in [0.1, 0.15) is 0 Å². The lowest BCUT2D eigenvalue weighted by atomic mass is 9.77. The van der Waals surface area contributed by atoms with Crippen molar-refractivity contribution in [1.29, 1.82) is 0 Å². The van der Waals surface area contributed by atoms with Gasteiger partial charge in [0.15, 0.2) is 11.6 Å². The maximum atomic E-state index is 12.6. The number of rotatable bonds is 6. The number of hydrogen-bond acceptors (Lipinski definition) is 5. The van der Waals surface area contributed by atoms with Crippen molar-refractivity contribution in [3.05, 3.63) is 57.2 Å². The minimum atomic E-state index is -0.431. The van der Waals surface area contributed by atoms with E-state index in [0.29, 0.717) is 29.2 Å². The van der Waals surface area contributed by atoms with Gasteiger partial charge in [-0.25, -0.2) is 0 Å². The lowest BCUT2D eigenvalue weighted by Gasteiger charge is -2.30. The predicted octanol–water partition coefficient (Wildman–Crippen LogP) is 4.45. The first kappa shape index (κ1) is 20.5. The van der Waals surface area contributed by atoms with Crippen LogP contribution in [0.5, 0.6) is 0 Å². The molecule has 2 heterocycles. The number of carbonyl (C=O) groups is 3. The number of Topliss-reactive ketones (excluding diaryl/α,β-unsaturated/α-hetero) is 2. The molecule has 6 heteroatoms. The molecular formula is C24H26N2O3S. The van der Waals surface area contributed by atoms with Crippen LogP contribution < -0.4 is 10.6 Å². The molecule has 0 saturated heterocycles. The highest BCUT2D eigenvalue weighted by molar-refractivity contribution is 7.17. The van der Waals surface area contributed by atoms with Crippen LogP contribution in [0.4, 0.5) is 0 Å². The van der Waals surface area contributed by atoms with Crippen LogP contribution in [-0.2, 0) is 9.59 Å². The van der Waals surface area contributed by atoms with Crippen molar-refractivity contribution in [2.75, 3.05) is 6.54 Å². The molecule has 2 aromatic rings. The van der Waals surface area contributed by atoms with Gasteiger partial charge in [-0.3, -0.25) is 14.4 Å². The number of dihydropyridines is 1. The van der Waals surface area contributed by atoms with Crippen LogP contribution in [0.3, 0.4) is 0 Å². The van der Waals surface area contributed by atoms with E-state index in [1.807, 2.05) is 37.4 Å². The number of carbonyl (C=O) groups excluding carboxylic acids is 3. The SMILES string of the molecule is CC(=O)C1=C(C)NC(C)=C(C(C)=O)C1c1csc2ccc(C(=O)NCC3CC3)cc12. The molecule has 156 valence electrons. The van der Waals surface area contributed by atoms with E-state index in [-0.39, 0.29) is 17.5 Å². The number of amides is 1. The van der Waals surface area contributed by atoms with Crippen molar-refractivity contribution in [3.63, 3.8) is 0 Å². The summed E-state index contributed by atoms with van der Waals surface area (Å²) in [5.74, 6) is -0.0208. The zero-order valence-electron chi connectivity index (χ0n) is 17.7. The fourth-order valence-corrected chi connectivity index (χ4v) is 5.28. The summed E-state index contributed by atoms with van der Waals surface area (Å²) < 4.78 is 1.03. The number of hydrogen-bond donors (Lipinski definition) is 2. The van der Waals surface area contributed by atoms with E-state index < -0.39 is 5.92 Å². The van der Waals surface area contributed by atoms with Gasteiger partial charge in [0.2, 0.25) is 0 Å². The molecule has 0 bridgehead atoms. The maximum absolute atomic E-state index is 12.6. The van der Waals surface area contributed by atoms with Gasteiger partial charge in [-0.05, 0) is 81.0 Å². The zero-order chi connectivity index (χ0) is 21.6. The number of thiophene rings is 1. The molecule has 1 aromatic carbocycles. The Morgan fingerprint density at radius 1 is 1.07 bits per heavy atom. The second kappa shape index (κ2) is 7.84. The van der Waals surface area contributed by atoms with Gasteiger partial charge in [-0.1, -0.05) is 0 Å². The highest BCUT2D eigenvalue weighted by Crippen LogP contribution is 2.43. The van der Waals surface area contributed by atoms with Gasteiger partial charge in [0.25, 0.3) is 5.91 Å². The lowest BCUT2D eigenvalue weighted by molar-refractivity contribution is -0.114. The molecule has 1 saturated carbocycles. The first-order valence-corrected chi connectivity index (χ1v) is 11.2. The van der Waals surface area contributed by atoms with Crippen molar-refractivity contribution < 1.29 is 14.4 Å². The number of benzene rings is 1. The van der Waals surface area contributed by atoms with Crippen LogP contribution in [0.15, 0.2) is 46.1 Å². The molecule has 5 nitrogen and oxygen atoms in total. The Bertz CT molecular complexity index is 1100. The highest BCUT2D eigenvalue weighted by atomic mass is 32.1. The van der Waals surface area contributed by atoms with Crippen molar-refractivity contribution in [1.82, 2.24) is 10.6 Å². The summed E-state index contributed by atoms with van der Waals surface area (Å²) in [4.78, 5) is 37.8. The van der Waals surface area contributed by atoms with Crippen LogP contribution >= 0.6 is 11.3 Å². The normalized spacial score (nSPS) is 17.3. The summed E-state index contributed by atoms with van der Waals surface area (Å²) in [6, 6.07) is 5.68. The van der Waals surface area contributed by atoms with E-state index in [0.717, 1.165) is 27.0 Å². The number of nitrogens with one attached hydrogen (secondary N) is 2. The topological polar surface area (TPSA) is 75.3 Å². The molecular weight excluding hydrogens is 396 g/mol. The fraction of sp³-hybridized carbons (Fsp3) is 0.375. The Kier molecular flexibility index (Phi) is 5.36. The highest BCUT2D eigenvalue weighted by Gasteiger charge is 2.35. The van der Waals surface area contributed by atoms with Crippen molar-refractivity contribution in [2.45, 2.75) is 46.5 Å². The molecule has 1 aromatic heterocycles. The van der Waals surface area contributed by atoms with Crippen molar-refractivity contribution in [2.24, 2.45) is 5.92 Å². The van der Waals surface area contributed by atoms with E-state index in [1.54, 1.807) is 11.3 Å². The molecule has 0 radical (unpaired) electrons. The Labute approximate surface area is 180 Å². The van der Waals surface area contributed by atoms with E-state index >= 15 is 0 Å². The van der Waals surface area contributed by atoms with Crippen molar-refractivity contribution >= 4 is 38.9 Å². The van der Waals surface area contributed by atoms with E-state index in [4.69, 9.17) is 0 Å². The lowest BCUT2D eigenvalue weighted by Crippen LogP contribution is -2.29. The molecule has 2 aliphatic rings. The van der Waals surface area contributed by atoms with E-state index in [1.165, 1.54) is 26.7 Å². The molecule has 0 spiro atoms. The van der Waals surface area contributed by atoms with E-state index in [9.17, 15) is 14.4 Å². The summed E-state index contributed by atoms with van der Waals surface area (Å²) in [6.07, 6.45) is 2.37. The van der Waals surface area contributed by atoms with Crippen LogP contribution in [-0.4, -0.2) is 24.0 Å². The smallest absolute Gasteiger partial charge is 0.251 e. The van der Waals surface area contributed by atoms with Crippen LogP contribution in [0.2, 0.25) is 0 Å². The molecule has 0 atom stereocenters. The molecule has 1 aliphatic heterocycles. The third kappa shape index (κ3) is 3.72. The first-order chi connectivity index (χ1) is 14.3. The Balaban J connectivity index is 1.82. The molecule has 1 fully saturated rings. The van der Waals surface area contributed by atoms with Gasteiger partial charge >= 0.3 is 0 Å². The third-order valence-electron chi connectivity index (χ3n) is 5.94. The second-order valence-corrected chi connectivity index (χ2v) is 9.21. The van der Waals surface area contributed by atoms with Crippen LogP contribution in [0.1, 0.15) is 62.4 Å². The van der Waals surface area contributed by atoms with Gasteiger partial charge in [-0.15, -0.1) is 11.3 Å². The molecule has 1 aliphatic carbocycles. The molecule has 4 rings (SSSR count). The van der Waals surface area contributed by atoms with Crippen LogP contribution in [0, 0.1) is 5.92 Å². The average molecular weight is 423 g/mol. The first-order valence-electron chi connectivity index (χ1n) is 10.3. The number of ketones is 2. The Hall–Kier alpha value is -2.73. The summed E-state index contributed by atoms with van der Waals surface area (Å²) in [6.45, 7) is 7.54. The van der Waals surface area contributed by atoms with Gasteiger partial charge in [0, 0.05) is 45.3 Å². The standard InChI is InChI=1S/C24H26N2O3S/c1-12-21(14(3)27)23(22(15(4)28)13(2)26-12)19-11-30-20-8-7-17(9-18(19)20)24(29)25-10-16-5-6-16/h7-9,11,16,23,26H,5-6,10H2,1-4H3,(H,25,29). The average Bonchev–Trinajstić information content (AvgIpc) is 3.41. The predicted molar refractivity (Wildman–Crippen MR) is 120 cm³/mol. The Morgan fingerprint density at radius 3 is 2.27 bits per heavy atom. The number of allylic oxidation sites excluding steroid dienone is 4. The summed E-state index contributed by atoms with van der Waals surface area (Å²) >= 11 is 1.57. The zero-order valence-corrected chi connectivity index (χ0v) is 18.5. The second-order valence-electron chi connectivity index (χ2n) is 8.30. The fourth-order valence-electron chi connectivity index (χ4n) is 4.31. The van der Waals surface area contributed by atoms with Crippen molar-refractivity contribution in [3.8, 4) is 0 Å². The van der Waals surface area contributed by atoms with Gasteiger partial charge < -0.3 is 10.6 Å². The molecule has 30 heavy (non-hydrogen) atoms. The Morgan fingerprint density at radius 2 is 1.70 bits per heavy atom. The van der Waals surface area contributed by atoms with Gasteiger partial charge in [0.05, 0.1) is 0 Å². The number of fused-ring (bicyclic) bond motifs is 1. The quantitative estimate of drug-likeness (QED) is 0.721. The largest absolute Gasteiger partial charge is 0.362 e. The van der Waals surface area contributed by atoms with E-state index in [2.05, 4.69) is 10.6 Å². The summed E-state index contributed by atoms with van der Waals surface area (Å²) in [5, 5.41) is 9.15. The van der Waals surface area contributed by atoms with Gasteiger partial charge in [-0.2, -0.15) is 0 Å². The summed E-state index contributed by atoms with van der Waals surface area (Å²) in [5.41, 5.74) is 4.26. The minimum Gasteiger partial charge on any atom is -0.362 e.